The molecule has 3 aromatic rings. The van der Waals surface area contributed by atoms with Gasteiger partial charge in [0.2, 0.25) is 11.8 Å². The Morgan fingerprint density at radius 2 is 2.06 bits per heavy atom. The highest BCUT2D eigenvalue weighted by atomic mass is 19.4. The van der Waals surface area contributed by atoms with E-state index in [2.05, 4.69) is 15.2 Å². The van der Waals surface area contributed by atoms with Crippen molar-refractivity contribution in [1.82, 2.24) is 29.3 Å². The number of aryl methyl sites for hydroxylation is 1. The monoisotopic (exact) mass is 434 g/mol. The number of amides is 1. The average molecular weight is 434 g/mol. The number of hydrogen-bond acceptors (Lipinski definition) is 5. The lowest BCUT2D eigenvalue weighted by Gasteiger charge is -2.48. The largest absolute Gasteiger partial charge is 0.470 e. The van der Waals surface area contributed by atoms with E-state index in [4.69, 9.17) is 4.74 Å². The van der Waals surface area contributed by atoms with Gasteiger partial charge in [-0.2, -0.15) is 23.4 Å². The van der Waals surface area contributed by atoms with Gasteiger partial charge in [0, 0.05) is 56.9 Å². The van der Waals surface area contributed by atoms with Crippen LogP contribution in [0.1, 0.15) is 19.8 Å². The van der Waals surface area contributed by atoms with Crippen molar-refractivity contribution in [3.05, 3.63) is 43.0 Å². The van der Waals surface area contributed by atoms with Gasteiger partial charge in [-0.1, -0.05) is 0 Å². The molecule has 1 fully saturated rings. The van der Waals surface area contributed by atoms with Crippen molar-refractivity contribution in [2.75, 3.05) is 7.05 Å². The van der Waals surface area contributed by atoms with Crippen LogP contribution in [0.5, 0.6) is 5.88 Å². The van der Waals surface area contributed by atoms with Gasteiger partial charge in [0.05, 0.1) is 24.3 Å². The third kappa shape index (κ3) is 4.39. The minimum absolute atomic E-state index is 0.0512. The molecule has 0 N–H and O–H groups in total. The third-order valence-electron chi connectivity index (χ3n) is 5.34. The lowest BCUT2D eigenvalue weighted by atomic mass is 9.76. The fourth-order valence-electron chi connectivity index (χ4n) is 3.66. The molecule has 31 heavy (non-hydrogen) atoms. The van der Waals surface area contributed by atoms with E-state index in [0.717, 1.165) is 5.56 Å². The fraction of sp³-hybridized carbons (Fsp3) is 0.400. The molecule has 4 rings (SSSR count). The first-order valence-electron chi connectivity index (χ1n) is 9.58. The molecule has 0 spiro atoms. The van der Waals surface area contributed by atoms with Crippen molar-refractivity contribution < 1.29 is 22.7 Å². The number of allylic oxidation sites excluding steroid dienone is 1. The number of carbonyl (C=O) groups is 1. The van der Waals surface area contributed by atoms with Crippen LogP contribution in [0.4, 0.5) is 13.2 Å². The summed E-state index contributed by atoms with van der Waals surface area (Å²) in [7, 11) is 3.30. The smallest absolute Gasteiger partial charge is 0.409 e. The topological polar surface area (TPSA) is 77.5 Å². The molecule has 1 aliphatic carbocycles. The highest BCUT2D eigenvalue weighted by molar-refractivity contribution is 5.87. The maximum absolute atomic E-state index is 12.3. The molecular weight excluding hydrogens is 413 g/mol. The zero-order valence-electron chi connectivity index (χ0n) is 17.2. The second-order valence-corrected chi connectivity index (χ2v) is 7.93. The maximum Gasteiger partial charge on any atom is 0.409 e. The molecule has 0 saturated heterocycles. The van der Waals surface area contributed by atoms with Crippen LogP contribution in [0.2, 0.25) is 0 Å². The molecule has 11 heteroatoms. The number of rotatable bonds is 5. The third-order valence-corrected chi connectivity index (χ3v) is 5.34. The average Bonchev–Trinajstić information content (AvgIpc) is 3.31. The highest BCUT2D eigenvalue weighted by Gasteiger charge is 2.46. The summed E-state index contributed by atoms with van der Waals surface area (Å²) in [5.74, 6) is -0.301. The Morgan fingerprint density at radius 1 is 1.32 bits per heavy atom. The van der Waals surface area contributed by atoms with Gasteiger partial charge < -0.3 is 9.64 Å². The van der Waals surface area contributed by atoms with Crippen LogP contribution in [-0.2, 0) is 11.8 Å². The number of ether oxygens (including phenoxy) is 1. The van der Waals surface area contributed by atoms with Crippen LogP contribution < -0.4 is 4.74 Å². The Bertz CT molecular complexity index is 1140. The Morgan fingerprint density at radius 3 is 2.71 bits per heavy atom. The SMILES string of the molecule is Cn1cc(-c2cn3nccc3c(O[C@]3(C)C[C@H](N(C)C(=O)/C=C/C(F)(F)F)C3)n2)cn1. The van der Waals surface area contributed by atoms with Gasteiger partial charge in [-0.15, -0.1) is 0 Å². The van der Waals surface area contributed by atoms with Crippen molar-refractivity contribution in [2.45, 2.75) is 37.6 Å². The molecule has 1 aliphatic rings. The molecule has 0 bridgehead atoms. The number of hydrogen-bond donors (Lipinski definition) is 0. The van der Waals surface area contributed by atoms with Gasteiger partial charge in [0.1, 0.15) is 11.1 Å². The summed E-state index contributed by atoms with van der Waals surface area (Å²) in [5.41, 5.74) is 1.53. The van der Waals surface area contributed by atoms with Gasteiger partial charge in [-0.05, 0) is 13.0 Å². The predicted octanol–water partition coefficient (Wildman–Crippen LogP) is 3.01. The second kappa shape index (κ2) is 7.40. The molecule has 1 amide bonds. The summed E-state index contributed by atoms with van der Waals surface area (Å²) < 4.78 is 46.5. The zero-order chi connectivity index (χ0) is 22.4. The quantitative estimate of drug-likeness (QED) is 0.577. The van der Waals surface area contributed by atoms with E-state index in [-0.39, 0.29) is 12.1 Å². The number of nitrogens with zero attached hydrogens (tertiary/aromatic N) is 6. The van der Waals surface area contributed by atoms with E-state index in [9.17, 15) is 18.0 Å². The first-order valence-corrected chi connectivity index (χ1v) is 9.58. The lowest BCUT2D eigenvalue weighted by molar-refractivity contribution is -0.134. The van der Waals surface area contributed by atoms with E-state index >= 15 is 0 Å². The summed E-state index contributed by atoms with van der Waals surface area (Å²) in [6.07, 6.45) is 3.86. The molecule has 0 radical (unpaired) electrons. The van der Waals surface area contributed by atoms with E-state index < -0.39 is 17.7 Å². The molecule has 164 valence electrons. The standard InChI is InChI=1S/C20H21F3N6O2/c1-19(8-14(9-19)28(3)17(30)4-6-20(21,22)23)31-18-16-5-7-24-29(16)12-15(26-18)13-10-25-27(2)11-13/h4-7,10-12,14H,8-9H2,1-3H3/b6-4+/t14-,19+. The minimum atomic E-state index is -4.52. The van der Waals surface area contributed by atoms with Gasteiger partial charge in [0.15, 0.2) is 0 Å². The minimum Gasteiger partial charge on any atom is -0.470 e. The number of alkyl halides is 3. The van der Waals surface area contributed by atoms with E-state index in [1.165, 1.54) is 11.9 Å². The van der Waals surface area contributed by atoms with Gasteiger partial charge in [-0.25, -0.2) is 9.50 Å². The molecule has 8 nitrogen and oxygen atoms in total. The molecule has 0 aromatic carbocycles. The highest BCUT2D eigenvalue weighted by Crippen LogP contribution is 2.40. The Labute approximate surface area is 175 Å². The summed E-state index contributed by atoms with van der Waals surface area (Å²) >= 11 is 0. The summed E-state index contributed by atoms with van der Waals surface area (Å²) in [6.45, 7) is 1.89. The molecule has 3 heterocycles. The van der Waals surface area contributed by atoms with Crippen molar-refractivity contribution in [1.29, 1.82) is 0 Å². The number of likely N-dealkylation sites (N-methyl/N-ethyl adjacent to an activating group) is 1. The molecule has 0 unspecified atom stereocenters. The van der Waals surface area contributed by atoms with Crippen LogP contribution in [0.15, 0.2) is 43.0 Å². The summed E-state index contributed by atoms with van der Waals surface area (Å²) in [4.78, 5) is 17.9. The molecule has 1 saturated carbocycles. The zero-order valence-corrected chi connectivity index (χ0v) is 17.2. The summed E-state index contributed by atoms with van der Waals surface area (Å²) in [5, 5.41) is 8.43. The van der Waals surface area contributed by atoms with Gasteiger partial charge >= 0.3 is 6.18 Å². The van der Waals surface area contributed by atoms with Crippen molar-refractivity contribution in [3.8, 4) is 17.1 Å². The van der Waals surface area contributed by atoms with Crippen molar-refractivity contribution in [3.63, 3.8) is 0 Å². The lowest BCUT2D eigenvalue weighted by Crippen LogP contribution is -2.56. The van der Waals surface area contributed by atoms with Crippen LogP contribution in [0.25, 0.3) is 16.8 Å². The Balaban J connectivity index is 1.49. The van der Waals surface area contributed by atoms with Crippen LogP contribution in [0, 0.1) is 0 Å². The fourth-order valence-corrected chi connectivity index (χ4v) is 3.66. The molecular formula is C20H21F3N6O2. The van der Waals surface area contributed by atoms with E-state index in [1.807, 2.05) is 20.2 Å². The number of fused-ring (bicyclic) bond motifs is 1. The Hall–Kier alpha value is -3.37. The normalized spacial score (nSPS) is 21.4. The number of carbonyl (C=O) groups excluding carboxylic acids is 1. The van der Waals surface area contributed by atoms with Crippen LogP contribution in [-0.4, -0.2) is 60.1 Å². The maximum atomic E-state index is 12.3. The van der Waals surface area contributed by atoms with E-state index in [1.54, 1.807) is 33.9 Å². The summed E-state index contributed by atoms with van der Waals surface area (Å²) in [6, 6.07) is 1.56. The van der Waals surface area contributed by atoms with Crippen LogP contribution in [0.3, 0.4) is 0 Å². The van der Waals surface area contributed by atoms with Crippen LogP contribution >= 0.6 is 0 Å². The van der Waals surface area contributed by atoms with E-state index in [0.29, 0.717) is 36.0 Å². The Kier molecular flexibility index (Phi) is 4.98. The van der Waals surface area contributed by atoms with Gasteiger partial charge in [-0.3, -0.25) is 9.48 Å². The predicted molar refractivity (Wildman–Crippen MR) is 105 cm³/mol. The molecule has 0 aliphatic heterocycles. The second-order valence-electron chi connectivity index (χ2n) is 7.93. The number of halogens is 3. The first-order chi connectivity index (χ1) is 14.5. The number of aromatic nitrogens is 5. The van der Waals surface area contributed by atoms with Gasteiger partial charge in [0.25, 0.3) is 0 Å². The van der Waals surface area contributed by atoms with Crippen molar-refractivity contribution in [2.24, 2.45) is 7.05 Å². The first kappa shape index (κ1) is 20.9. The molecule has 3 aromatic heterocycles. The van der Waals surface area contributed by atoms with Crippen molar-refractivity contribution >= 4 is 11.4 Å². The molecule has 0 atom stereocenters.